The quantitative estimate of drug-likeness (QED) is 0.285. The van der Waals surface area contributed by atoms with Gasteiger partial charge in [-0.2, -0.15) is 0 Å². The molecule has 2 N–H and O–H groups in total. The zero-order chi connectivity index (χ0) is 10.3. The number of hydrogen-bond acceptors (Lipinski definition) is 3. The van der Waals surface area contributed by atoms with E-state index in [1.165, 1.54) is 6.20 Å². The van der Waals surface area contributed by atoms with Crippen molar-refractivity contribution in [2.45, 2.75) is 13.8 Å². The van der Waals surface area contributed by atoms with Gasteiger partial charge in [-0.1, -0.05) is 6.08 Å². The fourth-order valence-corrected chi connectivity index (χ4v) is 0.684. The summed E-state index contributed by atoms with van der Waals surface area (Å²) in [6.45, 7) is 3.44. The van der Waals surface area contributed by atoms with Crippen molar-refractivity contribution in [3.63, 3.8) is 0 Å². The van der Waals surface area contributed by atoms with E-state index in [4.69, 9.17) is 0 Å². The van der Waals surface area contributed by atoms with E-state index in [0.717, 1.165) is 0 Å². The molecule has 0 aromatic carbocycles. The van der Waals surface area contributed by atoms with Crippen molar-refractivity contribution in [1.29, 1.82) is 0 Å². The van der Waals surface area contributed by atoms with Gasteiger partial charge in [0.05, 0.1) is 5.57 Å². The van der Waals surface area contributed by atoms with Crippen LogP contribution in [0.25, 0.3) is 0 Å². The van der Waals surface area contributed by atoms with E-state index < -0.39 is 5.91 Å². The second-order valence-electron chi connectivity index (χ2n) is 2.38. The molecule has 13 heavy (non-hydrogen) atoms. The molecule has 0 bridgehead atoms. The van der Waals surface area contributed by atoms with Crippen molar-refractivity contribution in [2.24, 2.45) is 0 Å². The van der Waals surface area contributed by atoms with E-state index in [-0.39, 0.29) is 5.57 Å². The summed E-state index contributed by atoms with van der Waals surface area (Å²) in [5, 5.41) is 5.19. The Hall–Kier alpha value is -1.58. The second kappa shape index (κ2) is 5.99. The van der Waals surface area contributed by atoms with Crippen molar-refractivity contribution < 1.29 is 9.59 Å². The standard InChI is InChI=1S/C9H14N2O2/c1-4-5-11-9(13)8(6-12)7(2)10-3/h4-6,10H,1-3H3,(H,11,13)/b5-4-,8-7-. The Morgan fingerprint density at radius 1 is 1.38 bits per heavy atom. The minimum absolute atomic E-state index is 0.112. The summed E-state index contributed by atoms with van der Waals surface area (Å²) in [4.78, 5) is 21.8. The molecule has 0 aliphatic carbocycles. The van der Waals surface area contributed by atoms with Crippen LogP contribution in [0.15, 0.2) is 23.5 Å². The lowest BCUT2D eigenvalue weighted by molar-refractivity contribution is -0.118. The van der Waals surface area contributed by atoms with E-state index in [1.54, 1.807) is 27.0 Å². The Kier molecular flexibility index (Phi) is 5.27. The van der Waals surface area contributed by atoms with E-state index in [0.29, 0.717) is 12.0 Å². The maximum atomic E-state index is 11.2. The third-order valence-corrected chi connectivity index (χ3v) is 1.52. The van der Waals surface area contributed by atoms with Crippen LogP contribution in [-0.4, -0.2) is 19.2 Å². The van der Waals surface area contributed by atoms with Gasteiger partial charge in [0.15, 0.2) is 6.29 Å². The fraction of sp³-hybridized carbons (Fsp3) is 0.333. The lowest BCUT2D eigenvalue weighted by atomic mass is 10.2. The molecule has 0 aliphatic heterocycles. The summed E-state index contributed by atoms with van der Waals surface area (Å²) in [5.74, 6) is -0.403. The summed E-state index contributed by atoms with van der Waals surface area (Å²) in [5.41, 5.74) is 0.664. The SMILES string of the molecule is C/C=C\NC(=O)/C(C=O)=C(/C)NC. The number of hydrogen-bond donors (Lipinski definition) is 2. The smallest absolute Gasteiger partial charge is 0.260 e. The first-order valence-electron chi connectivity index (χ1n) is 3.93. The normalized spacial score (nSPS) is 12.2. The van der Waals surface area contributed by atoms with Gasteiger partial charge in [-0.05, 0) is 20.0 Å². The molecule has 0 saturated carbocycles. The number of aldehydes is 1. The van der Waals surface area contributed by atoms with Crippen molar-refractivity contribution in [2.75, 3.05) is 7.05 Å². The zero-order valence-electron chi connectivity index (χ0n) is 8.05. The number of nitrogens with one attached hydrogen (secondary N) is 2. The van der Waals surface area contributed by atoms with Gasteiger partial charge in [-0.15, -0.1) is 0 Å². The molecule has 0 heterocycles. The second-order valence-corrected chi connectivity index (χ2v) is 2.38. The zero-order valence-corrected chi connectivity index (χ0v) is 8.05. The highest BCUT2D eigenvalue weighted by molar-refractivity contribution is 6.11. The minimum Gasteiger partial charge on any atom is -0.391 e. The molecule has 0 aromatic rings. The van der Waals surface area contributed by atoms with Crippen LogP contribution in [-0.2, 0) is 9.59 Å². The van der Waals surface area contributed by atoms with Crippen LogP contribution in [0.3, 0.4) is 0 Å². The van der Waals surface area contributed by atoms with Crippen LogP contribution in [0, 0.1) is 0 Å². The molecule has 0 unspecified atom stereocenters. The number of amides is 1. The first-order chi connectivity index (χ1) is 6.17. The van der Waals surface area contributed by atoms with Gasteiger partial charge in [-0.25, -0.2) is 0 Å². The van der Waals surface area contributed by atoms with Crippen LogP contribution in [0.1, 0.15) is 13.8 Å². The molecule has 0 rings (SSSR count). The molecule has 0 radical (unpaired) electrons. The lowest BCUT2D eigenvalue weighted by Crippen LogP contribution is -2.23. The summed E-state index contributed by atoms with van der Waals surface area (Å²) < 4.78 is 0. The van der Waals surface area contributed by atoms with Gasteiger partial charge in [0.25, 0.3) is 5.91 Å². The number of allylic oxidation sites excluding steroid dienone is 2. The largest absolute Gasteiger partial charge is 0.391 e. The van der Waals surface area contributed by atoms with Crippen LogP contribution in [0.5, 0.6) is 0 Å². The summed E-state index contributed by atoms with van der Waals surface area (Å²) in [6, 6.07) is 0. The third kappa shape index (κ3) is 3.55. The van der Waals surface area contributed by atoms with Crippen LogP contribution >= 0.6 is 0 Å². The van der Waals surface area contributed by atoms with E-state index >= 15 is 0 Å². The first-order valence-corrected chi connectivity index (χ1v) is 3.93. The molecule has 1 amide bonds. The molecule has 0 saturated heterocycles. The third-order valence-electron chi connectivity index (χ3n) is 1.52. The molecular formula is C9H14N2O2. The van der Waals surface area contributed by atoms with Gasteiger partial charge in [0.1, 0.15) is 0 Å². The summed E-state index contributed by atoms with van der Waals surface area (Å²) >= 11 is 0. The molecule has 4 nitrogen and oxygen atoms in total. The molecule has 0 aromatic heterocycles. The van der Waals surface area contributed by atoms with Crippen molar-refractivity contribution in [1.82, 2.24) is 10.6 Å². The number of carbonyl (C=O) groups is 2. The van der Waals surface area contributed by atoms with Gasteiger partial charge in [0.2, 0.25) is 0 Å². The summed E-state index contributed by atoms with van der Waals surface area (Å²) in [7, 11) is 1.65. The van der Waals surface area contributed by atoms with E-state index in [1.807, 2.05) is 0 Å². The maximum absolute atomic E-state index is 11.2. The average molecular weight is 182 g/mol. The fourth-order valence-electron chi connectivity index (χ4n) is 0.684. The molecular weight excluding hydrogens is 168 g/mol. The highest BCUT2D eigenvalue weighted by atomic mass is 16.2. The summed E-state index contributed by atoms with van der Waals surface area (Å²) in [6.07, 6.45) is 3.69. The maximum Gasteiger partial charge on any atom is 0.260 e. The van der Waals surface area contributed by atoms with E-state index in [9.17, 15) is 9.59 Å². The van der Waals surface area contributed by atoms with Crippen LogP contribution in [0.2, 0.25) is 0 Å². The molecule has 0 spiro atoms. The van der Waals surface area contributed by atoms with E-state index in [2.05, 4.69) is 10.6 Å². The van der Waals surface area contributed by atoms with Crippen molar-refractivity contribution in [3.8, 4) is 0 Å². The van der Waals surface area contributed by atoms with Crippen LogP contribution < -0.4 is 10.6 Å². The van der Waals surface area contributed by atoms with Gasteiger partial charge < -0.3 is 10.6 Å². The highest BCUT2D eigenvalue weighted by Crippen LogP contribution is 1.96. The molecule has 0 fully saturated rings. The highest BCUT2D eigenvalue weighted by Gasteiger charge is 2.09. The molecule has 0 aliphatic rings. The van der Waals surface area contributed by atoms with Gasteiger partial charge in [0, 0.05) is 12.7 Å². The molecule has 72 valence electrons. The first kappa shape index (κ1) is 11.4. The van der Waals surface area contributed by atoms with Gasteiger partial charge >= 0.3 is 0 Å². The predicted octanol–water partition coefficient (Wildman–Crippen LogP) is 0.329. The monoisotopic (exact) mass is 182 g/mol. The molecule has 0 atom stereocenters. The minimum atomic E-state index is -0.403. The number of carbonyl (C=O) groups excluding carboxylic acids is 2. The Morgan fingerprint density at radius 3 is 2.38 bits per heavy atom. The van der Waals surface area contributed by atoms with Gasteiger partial charge in [-0.3, -0.25) is 9.59 Å². The Morgan fingerprint density at radius 2 is 2.00 bits per heavy atom. The average Bonchev–Trinajstić information content (AvgIpc) is 2.15. The predicted molar refractivity (Wildman–Crippen MR) is 50.8 cm³/mol. The Balaban J connectivity index is 4.59. The topological polar surface area (TPSA) is 58.2 Å². The lowest BCUT2D eigenvalue weighted by Gasteiger charge is -2.04. The van der Waals surface area contributed by atoms with Crippen LogP contribution in [0.4, 0.5) is 0 Å². The van der Waals surface area contributed by atoms with Crippen molar-refractivity contribution >= 4 is 12.2 Å². The molecule has 4 heteroatoms. The Labute approximate surface area is 77.7 Å². The van der Waals surface area contributed by atoms with Crippen molar-refractivity contribution in [3.05, 3.63) is 23.5 Å². The number of rotatable bonds is 4. The Bertz CT molecular complexity index is 254.